The van der Waals surface area contributed by atoms with E-state index in [0.29, 0.717) is 17.7 Å². The van der Waals surface area contributed by atoms with Crippen LogP contribution in [0.5, 0.6) is 0 Å². The highest BCUT2D eigenvalue weighted by Gasteiger charge is 2.28. The number of hydrogen-bond donors (Lipinski definition) is 3. The summed E-state index contributed by atoms with van der Waals surface area (Å²) in [6.45, 7) is 2.22. The van der Waals surface area contributed by atoms with Crippen LogP contribution >= 0.6 is 0 Å². The topological polar surface area (TPSA) is 118 Å². The van der Waals surface area contributed by atoms with Crippen molar-refractivity contribution in [3.05, 3.63) is 76.5 Å². The zero-order valence-corrected chi connectivity index (χ0v) is 15.9. The number of imide groups is 2. The lowest BCUT2D eigenvalue weighted by Gasteiger charge is -2.13. The predicted octanol–water partition coefficient (Wildman–Crippen LogP) is 2.45. The minimum atomic E-state index is -0.970. The van der Waals surface area contributed by atoms with Gasteiger partial charge >= 0.3 is 12.0 Å². The minimum Gasteiger partial charge on any atom is -0.478 e. The number of nitrogens with one attached hydrogen (secondary N) is 2. The lowest BCUT2D eigenvalue weighted by atomic mass is 10.1. The summed E-state index contributed by atoms with van der Waals surface area (Å²) < 4.78 is 1.96. The molecule has 1 aliphatic heterocycles. The molecule has 1 saturated heterocycles. The number of nitrogens with zero attached hydrogens (tertiary/aromatic N) is 1. The third-order valence-corrected chi connectivity index (χ3v) is 4.94. The Balaban J connectivity index is 1.75. The monoisotopic (exact) mass is 403 g/mol. The zero-order chi connectivity index (χ0) is 21.4. The van der Waals surface area contributed by atoms with Crippen LogP contribution in [-0.2, 0) is 16.1 Å². The van der Waals surface area contributed by atoms with Gasteiger partial charge in [-0.1, -0.05) is 30.3 Å². The van der Waals surface area contributed by atoms with Crippen LogP contribution in [-0.4, -0.2) is 33.5 Å². The van der Waals surface area contributed by atoms with Gasteiger partial charge in [0.05, 0.1) is 5.56 Å². The molecule has 0 unspecified atom stereocenters. The maximum absolute atomic E-state index is 12.1. The predicted molar refractivity (Wildman–Crippen MR) is 109 cm³/mol. The summed E-state index contributed by atoms with van der Waals surface area (Å²) in [6, 6.07) is 11.8. The van der Waals surface area contributed by atoms with Crippen LogP contribution in [0.25, 0.3) is 17.0 Å². The van der Waals surface area contributed by atoms with Crippen LogP contribution < -0.4 is 10.6 Å². The molecule has 1 aromatic heterocycles. The van der Waals surface area contributed by atoms with Crippen LogP contribution in [0.4, 0.5) is 4.79 Å². The average Bonchev–Trinajstić information content (AvgIpc) is 3.02. The van der Waals surface area contributed by atoms with Crippen molar-refractivity contribution in [2.45, 2.75) is 13.5 Å². The van der Waals surface area contributed by atoms with Crippen molar-refractivity contribution in [2.24, 2.45) is 0 Å². The van der Waals surface area contributed by atoms with E-state index in [2.05, 4.69) is 10.6 Å². The molecule has 2 heterocycles. The Kier molecular flexibility index (Phi) is 4.67. The Morgan fingerprint density at radius 2 is 1.77 bits per heavy atom. The van der Waals surface area contributed by atoms with Gasteiger partial charge in [-0.05, 0) is 36.3 Å². The first kappa shape index (κ1) is 19.1. The number of aromatic nitrogens is 1. The number of carboxylic acid groups (broad SMARTS) is 1. The Morgan fingerprint density at radius 1 is 1.07 bits per heavy atom. The van der Waals surface area contributed by atoms with Gasteiger partial charge in [0, 0.05) is 29.2 Å². The molecule has 0 atom stereocenters. The number of amides is 4. The number of carboxylic acids is 1. The fourth-order valence-electron chi connectivity index (χ4n) is 3.54. The normalized spacial score (nSPS) is 13.9. The molecule has 0 saturated carbocycles. The van der Waals surface area contributed by atoms with Crippen molar-refractivity contribution in [1.29, 1.82) is 0 Å². The Bertz CT molecular complexity index is 1250. The van der Waals surface area contributed by atoms with Gasteiger partial charge in [0.25, 0.3) is 11.8 Å². The van der Waals surface area contributed by atoms with Gasteiger partial charge in [0.15, 0.2) is 0 Å². The highest BCUT2D eigenvalue weighted by molar-refractivity contribution is 6.31. The van der Waals surface area contributed by atoms with E-state index in [1.54, 1.807) is 19.1 Å². The van der Waals surface area contributed by atoms with Gasteiger partial charge < -0.3 is 9.67 Å². The maximum Gasteiger partial charge on any atom is 0.335 e. The van der Waals surface area contributed by atoms with E-state index in [9.17, 15) is 24.3 Å². The Hall–Kier alpha value is -4.20. The summed E-state index contributed by atoms with van der Waals surface area (Å²) in [5.74, 6) is -2.47. The molecule has 1 aliphatic rings. The minimum absolute atomic E-state index is 0.154. The quantitative estimate of drug-likeness (QED) is 0.457. The molecule has 4 rings (SSSR count). The summed E-state index contributed by atoms with van der Waals surface area (Å²) in [5, 5.41) is 14.2. The first-order valence-electron chi connectivity index (χ1n) is 9.12. The SMILES string of the molecule is Cc1cc(Cn2cc(C=C3C(=O)NC(=O)NC3=O)c3ccccc32)ccc1C(=O)O. The van der Waals surface area contributed by atoms with Gasteiger partial charge in [-0.3, -0.25) is 20.2 Å². The fraction of sp³-hybridized carbons (Fsp3) is 0.0909. The molecule has 3 aromatic rings. The van der Waals surface area contributed by atoms with Gasteiger partial charge in [0.2, 0.25) is 0 Å². The number of para-hydroxylation sites is 1. The number of benzene rings is 2. The third-order valence-electron chi connectivity index (χ3n) is 4.94. The number of aromatic carboxylic acids is 1. The van der Waals surface area contributed by atoms with E-state index < -0.39 is 23.8 Å². The van der Waals surface area contributed by atoms with Gasteiger partial charge in [0.1, 0.15) is 5.57 Å². The highest BCUT2D eigenvalue weighted by Crippen LogP contribution is 2.25. The fourth-order valence-corrected chi connectivity index (χ4v) is 3.54. The molecule has 0 spiro atoms. The molecule has 30 heavy (non-hydrogen) atoms. The van der Waals surface area contributed by atoms with E-state index in [-0.39, 0.29) is 11.1 Å². The molecule has 8 heteroatoms. The van der Waals surface area contributed by atoms with E-state index >= 15 is 0 Å². The summed E-state index contributed by atoms with van der Waals surface area (Å²) >= 11 is 0. The molecule has 2 aromatic carbocycles. The average molecular weight is 403 g/mol. The Labute approximate surface area is 170 Å². The molecule has 0 aliphatic carbocycles. The van der Waals surface area contributed by atoms with Crippen molar-refractivity contribution in [3.63, 3.8) is 0 Å². The molecule has 0 radical (unpaired) electrons. The van der Waals surface area contributed by atoms with Crippen molar-refractivity contribution in [2.75, 3.05) is 0 Å². The van der Waals surface area contributed by atoms with Gasteiger partial charge in [-0.2, -0.15) is 0 Å². The van der Waals surface area contributed by atoms with Crippen molar-refractivity contribution in [3.8, 4) is 0 Å². The summed E-state index contributed by atoms with van der Waals surface area (Å²) in [4.78, 5) is 46.6. The van der Waals surface area contributed by atoms with Crippen LogP contribution in [0, 0.1) is 6.92 Å². The molecule has 8 nitrogen and oxygen atoms in total. The zero-order valence-electron chi connectivity index (χ0n) is 15.9. The number of hydrogen-bond acceptors (Lipinski definition) is 4. The highest BCUT2D eigenvalue weighted by atomic mass is 16.4. The maximum atomic E-state index is 12.1. The molecule has 1 fully saturated rings. The lowest BCUT2D eigenvalue weighted by molar-refractivity contribution is -0.123. The van der Waals surface area contributed by atoms with Crippen molar-refractivity contribution < 1.29 is 24.3 Å². The first-order valence-corrected chi connectivity index (χ1v) is 9.12. The smallest absolute Gasteiger partial charge is 0.335 e. The molecule has 3 N–H and O–H groups in total. The Morgan fingerprint density at radius 3 is 2.43 bits per heavy atom. The molecule has 0 bridgehead atoms. The number of aryl methyl sites for hydroxylation is 1. The van der Waals surface area contributed by atoms with Crippen molar-refractivity contribution in [1.82, 2.24) is 15.2 Å². The second-order valence-corrected chi connectivity index (χ2v) is 6.98. The number of carbonyl (C=O) groups excluding carboxylic acids is 3. The second kappa shape index (κ2) is 7.32. The first-order chi connectivity index (χ1) is 14.3. The van der Waals surface area contributed by atoms with Crippen molar-refractivity contribution >= 4 is 40.8 Å². The van der Waals surface area contributed by atoms with Gasteiger partial charge in [-0.25, -0.2) is 9.59 Å². The summed E-state index contributed by atoms with van der Waals surface area (Å²) in [5.41, 5.74) is 3.22. The third kappa shape index (κ3) is 3.46. The van der Waals surface area contributed by atoms with Crippen LogP contribution in [0.2, 0.25) is 0 Å². The number of barbiturate groups is 1. The largest absolute Gasteiger partial charge is 0.478 e. The van der Waals surface area contributed by atoms with Crippen LogP contribution in [0.1, 0.15) is 27.0 Å². The molecule has 4 amide bonds. The number of fused-ring (bicyclic) bond motifs is 1. The standard InChI is InChI=1S/C22H17N3O5/c1-12-8-13(6-7-15(12)21(28)29)10-25-11-14(16-4-2-3-5-18(16)25)9-17-19(26)23-22(30)24-20(17)27/h2-9,11H,10H2,1H3,(H,28,29)(H2,23,24,26,27,30). The second-order valence-electron chi connectivity index (χ2n) is 6.98. The number of carbonyl (C=O) groups is 4. The van der Waals surface area contributed by atoms with E-state index in [4.69, 9.17) is 0 Å². The van der Waals surface area contributed by atoms with E-state index in [1.807, 2.05) is 41.1 Å². The van der Waals surface area contributed by atoms with Crippen LogP contribution in [0.15, 0.2) is 54.2 Å². The van der Waals surface area contributed by atoms with Crippen LogP contribution in [0.3, 0.4) is 0 Å². The molecular formula is C22H17N3O5. The molecular weight excluding hydrogens is 386 g/mol. The summed E-state index contributed by atoms with van der Waals surface area (Å²) in [6.07, 6.45) is 3.27. The lowest BCUT2D eigenvalue weighted by Crippen LogP contribution is -2.51. The van der Waals surface area contributed by atoms with E-state index in [0.717, 1.165) is 16.5 Å². The number of urea groups is 1. The summed E-state index contributed by atoms with van der Waals surface area (Å²) in [7, 11) is 0. The van der Waals surface area contributed by atoms with E-state index in [1.165, 1.54) is 6.08 Å². The molecule has 150 valence electrons. The van der Waals surface area contributed by atoms with Gasteiger partial charge in [-0.15, -0.1) is 0 Å². The number of rotatable bonds is 4.